The quantitative estimate of drug-likeness (QED) is 0.305. The smallest absolute Gasteiger partial charge is 0.417 e. The highest BCUT2D eigenvalue weighted by atomic mass is 19.4. The maximum Gasteiger partial charge on any atom is 0.417 e. The molecule has 0 fully saturated rings. The second-order valence-corrected chi connectivity index (χ2v) is 7.72. The zero-order valence-corrected chi connectivity index (χ0v) is 18.6. The number of nitrogens with one attached hydrogen (secondary N) is 2. The zero-order chi connectivity index (χ0) is 25.4. The molecule has 0 aliphatic rings. The summed E-state index contributed by atoms with van der Waals surface area (Å²) in [5.41, 5.74) is 3.72. The fourth-order valence-electron chi connectivity index (χ4n) is 3.37. The molecule has 0 radical (unpaired) electrons. The van der Waals surface area contributed by atoms with Crippen molar-refractivity contribution in [2.75, 3.05) is 11.9 Å². The summed E-state index contributed by atoms with van der Waals surface area (Å²) in [5.74, 6) is -0.618. The summed E-state index contributed by atoms with van der Waals surface area (Å²) in [4.78, 5) is 36.7. The van der Waals surface area contributed by atoms with E-state index in [1.807, 2.05) is 6.07 Å². The van der Waals surface area contributed by atoms with E-state index in [4.69, 9.17) is 14.9 Å². The number of alkyl halides is 3. The maximum atomic E-state index is 13.2. The molecule has 3 rings (SSSR count). The lowest BCUT2D eigenvalue weighted by Gasteiger charge is -2.18. The van der Waals surface area contributed by atoms with Crippen LogP contribution in [0.5, 0.6) is 0 Å². The van der Waals surface area contributed by atoms with Crippen molar-refractivity contribution in [3.63, 3.8) is 0 Å². The number of ether oxygens (including phenoxy) is 1. The molecule has 2 aromatic carbocycles. The van der Waals surface area contributed by atoms with Crippen molar-refractivity contribution in [3.05, 3.63) is 76.1 Å². The number of nitrogens with two attached hydrogens (primary N) is 1. The number of unbranched alkanes of at least 4 members (excludes halogenated alkanes) is 1. The van der Waals surface area contributed by atoms with Gasteiger partial charge in [0.1, 0.15) is 18.2 Å². The molecule has 11 heteroatoms. The normalized spacial score (nSPS) is 12.2. The number of carbonyl (C=O) groups excluding carboxylic acids is 2. The van der Waals surface area contributed by atoms with Crippen LogP contribution >= 0.6 is 0 Å². The lowest BCUT2D eigenvalue weighted by atomic mass is 10.1. The molecule has 0 bridgehead atoms. The Morgan fingerprint density at radius 2 is 1.80 bits per heavy atom. The van der Waals surface area contributed by atoms with Gasteiger partial charge >= 0.3 is 17.9 Å². The standard InChI is InChI=1S/C24H24F3N3O5/c25-24(26,27)18-13-21(31)35-20-12-16(9-10-17(18)20)29-22(32)19(8-4-5-11-28)30-23(33)34-14-15-6-2-1-3-7-15/h1-3,6-7,9-10,12-13,19H,4-5,8,11,14,28H2,(H,29,32)(H,30,33)/t19-/m0/s1. The third-order valence-corrected chi connectivity index (χ3v) is 5.09. The number of fused-ring (bicyclic) bond motifs is 1. The van der Waals surface area contributed by atoms with Gasteiger partial charge in [-0.25, -0.2) is 9.59 Å². The number of alkyl carbamates (subject to hydrolysis) is 1. The molecule has 3 aromatic rings. The number of amides is 2. The van der Waals surface area contributed by atoms with E-state index >= 15 is 0 Å². The lowest BCUT2D eigenvalue weighted by molar-refractivity contribution is -0.136. The van der Waals surface area contributed by atoms with E-state index in [0.717, 1.165) is 17.7 Å². The molecule has 0 spiro atoms. The van der Waals surface area contributed by atoms with E-state index in [-0.39, 0.29) is 29.7 Å². The largest absolute Gasteiger partial charge is 0.445 e. The zero-order valence-electron chi connectivity index (χ0n) is 18.6. The average Bonchev–Trinajstić information content (AvgIpc) is 2.81. The third-order valence-electron chi connectivity index (χ3n) is 5.09. The molecule has 0 aliphatic carbocycles. The molecule has 4 N–H and O–H groups in total. The van der Waals surface area contributed by atoms with Crippen LogP contribution in [0.2, 0.25) is 0 Å². The first-order chi connectivity index (χ1) is 16.7. The molecule has 0 saturated heterocycles. The summed E-state index contributed by atoms with van der Waals surface area (Å²) < 4.78 is 49.8. The SMILES string of the molecule is NCCCC[C@H](NC(=O)OCc1ccccc1)C(=O)Nc1ccc2c(C(F)(F)F)cc(=O)oc2c1. The van der Waals surface area contributed by atoms with Gasteiger partial charge in [0.05, 0.1) is 5.56 Å². The molecule has 1 aromatic heterocycles. The second kappa shape index (κ2) is 11.5. The molecule has 2 amide bonds. The Balaban J connectivity index is 1.73. The summed E-state index contributed by atoms with van der Waals surface area (Å²) in [7, 11) is 0. The minimum Gasteiger partial charge on any atom is -0.445 e. The Hall–Kier alpha value is -3.86. The van der Waals surface area contributed by atoms with Crippen LogP contribution in [0.4, 0.5) is 23.7 Å². The van der Waals surface area contributed by atoms with Crippen LogP contribution in [0, 0.1) is 0 Å². The van der Waals surface area contributed by atoms with Crippen LogP contribution in [-0.4, -0.2) is 24.6 Å². The molecule has 186 valence electrons. The molecule has 0 saturated carbocycles. The minimum atomic E-state index is -4.75. The summed E-state index contributed by atoms with van der Waals surface area (Å²) in [5, 5.41) is 4.72. The van der Waals surface area contributed by atoms with Gasteiger partial charge in [0, 0.05) is 23.2 Å². The van der Waals surface area contributed by atoms with Gasteiger partial charge in [-0.05, 0) is 43.5 Å². The van der Waals surface area contributed by atoms with Gasteiger partial charge in [0.15, 0.2) is 0 Å². The number of benzene rings is 2. The fourth-order valence-corrected chi connectivity index (χ4v) is 3.37. The molecule has 1 heterocycles. The van der Waals surface area contributed by atoms with E-state index in [0.29, 0.717) is 25.5 Å². The summed E-state index contributed by atoms with van der Waals surface area (Å²) in [6.07, 6.45) is -4.15. The molecule has 0 unspecified atom stereocenters. The van der Waals surface area contributed by atoms with E-state index in [2.05, 4.69) is 10.6 Å². The molecular weight excluding hydrogens is 467 g/mol. The number of hydrogen-bond acceptors (Lipinski definition) is 6. The van der Waals surface area contributed by atoms with E-state index in [1.165, 1.54) is 6.07 Å². The predicted octanol–water partition coefficient (Wildman–Crippen LogP) is 4.17. The molecular formula is C24H24F3N3O5. The van der Waals surface area contributed by atoms with Crippen molar-refractivity contribution >= 4 is 28.7 Å². The highest BCUT2D eigenvalue weighted by Gasteiger charge is 2.34. The maximum absolute atomic E-state index is 13.2. The highest BCUT2D eigenvalue weighted by molar-refractivity contribution is 5.98. The summed E-state index contributed by atoms with van der Waals surface area (Å²) in [6.45, 7) is 0.410. The first kappa shape index (κ1) is 25.8. The first-order valence-corrected chi connectivity index (χ1v) is 10.8. The van der Waals surface area contributed by atoms with E-state index in [9.17, 15) is 27.6 Å². The third kappa shape index (κ3) is 7.31. The summed E-state index contributed by atoms with van der Waals surface area (Å²) >= 11 is 0. The van der Waals surface area contributed by atoms with Gasteiger partial charge in [-0.3, -0.25) is 4.79 Å². The fraction of sp³-hybridized carbons (Fsp3) is 0.292. The van der Waals surface area contributed by atoms with Gasteiger partial charge < -0.3 is 25.5 Å². The Labute approximate surface area is 198 Å². The number of hydrogen-bond donors (Lipinski definition) is 3. The Kier molecular flexibility index (Phi) is 8.48. The van der Waals surface area contributed by atoms with Crippen LogP contribution in [-0.2, 0) is 22.3 Å². The highest BCUT2D eigenvalue weighted by Crippen LogP contribution is 2.34. The van der Waals surface area contributed by atoms with E-state index < -0.39 is 35.4 Å². The van der Waals surface area contributed by atoms with E-state index in [1.54, 1.807) is 24.3 Å². The van der Waals surface area contributed by atoms with Crippen LogP contribution in [0.25, 0.3) is 11.0 Å². The topological polar surface area (TPSA) is 124 Å². The molecule has 8 nitrogen and oxygen atoms in total. The van der Waals surface area contributed by atoms with Crippen LogP contribution in [0.3, 0.4) is 0 Å². The number of carbonyl (C=O) groups is 2. The van der Waals surface area contributed by atoms with Gasteiger partial charge in [0.25, 0.3) is 0 Å². The van der Waals surface area contributed by atoms with Gasteiger partial charge in [-0.15, -0.1) is 0 Å². The molecule has 1 atom stereocenters. The average molecular weight is 491 g/mol. The van der Waals surface area contributed by atoms with Gasteiger partial charge in [-0.1, -0.05) is 30.3 Å². The molecule has 35 heavy (non-hydrogen) atoms. The van der Waals surface area contributed by atoms with Crippen molar-refractivity contribution < 1.29 is 31.9 Å². The lowest BCUT2D eigenvalue weighted by Crippen LogP contribution is -2.44. The predicted molar refractivity (Wildman–Crippen MR) is 123 cm³/mol. The number of anilines is 1. The minimum absolute atomic E-state index is 0.00899. The number of halogens is 3. The van der Waals surface area contributed by atoms with Crippen LogP contribution < -0.4 is 22.0 Å². The van der Waals surface area contributed by atoms with Gasteiger partial charge in [-0.2, -0.15) is 13.2 Å². The van der Waals surface area contributed by atoms with Crippen molar-refractivity contribution in [2.24, 2.45) is 5.73 Å². The van der Waals surface area contributed by atoms with Crippen LogP contribution in [0.1, 0.15) is 30.4 Å². The Morgan fingerprint density at radius 3 is 2.49 bits per heavy atom. The summed E-state index contributed by atoms with van der Waals surface area (Å²) in [6, 6.07) is 11.8. The van der Waals surface area contributed by atoms with Crippen molar-refractivity contribution in [3.8, 4) is 0 Å². The monoisotopic (exact) mass is 491 g/mol. The van der Waals surface area contributed by atoms with Crippen molar-refractivity contribution in [1.82, 2.24) is 5.32 Å². The Bertz CT molecular complexity index is 1230. The van der Waals surface area contributed by atoms with Crippen molar-refractivity contribution in [2.45, 2.75) is 38.1 Å². The number of rotatable bonds is 9. The second-order valence-electron chi connectivity index (χ2n) is 7.72. The molecule has 0 aliphatic heterocycles. The first-order valence-electron chi connectivity index (χ1n) is 10.8. The Morgan fingerprint density at radius 1 is 1.06 bits per heavy atom. The van der Waals surface area contributed by atoms with Crippen LogP contribution in [0.15, 0.2) is 63.8 Å². The van der Waals surface area contributed by atoms with Crippen molar-refractivity contribution in [1.29, 1.82) is 0 Å². The van der Waals surface area contributed by atoms with Gasteiger partial charge in [0.2, 0.25) is 5.91 Å².